The number of aromatic nitrogens is 3. The molecular weight excluding hydrogens is 250 g/mol. The van der Waals surface area contributed by atoms with Gasteiger partial charge in [0.05, 0.1) is 11.5 Å². The van der Waals surface area contributed by atoms with Crippen molar-refractivity contribution >= 4 is 11.5 Å². The topological polar surface area (TPSA) is 117 Å². The smallest absolute Gasteiger partial charge is 0.334 e. The second-order valence-electron chi connectivity index (χ2n) is 3.93. The predicted octanol–water partition coefficient (Wildman–Crippen LogP) is 0.485. The molecule has 0 aliphatic rings. The van der Waals surface area contributed by atoms with Crippen LogP contribution in [0.25, 0.3) is 0 Å². The van der Waals surface area contributed by atoms with E-state index in [1.165, 1.54) is 16.8 Å². The number of rotatable bonds is 3. The van der Waals surface area contributed by atoms with Gasteiger partial charge in [0.15, 0.2) is 5.82 Å². The number of nitro groups is 1. The van der Waals surface area contributed by atoms with Crippen LogP contribution in [-0.4, -0.2) is 19.5 Å². The molecule has 8 heteroatoms. The highest BCUT2D eigenvalue weighted by Gasteiger charge is 2.14. The fourth-order valence-electron chi connectivity index (χ4n) is 1.67. The third-order valence-electron chi connectivity index (χ3n) is 2.43. The molecule has 8 nitrogen and oxygen atoms in total. The van der Waals surface area contributed by atoms with E-state index in [9.17, 15) is 14.9 Å². The lowest BCUT2D eigenvalue weighted by Gasteiger charge is -2.05. The molecule has 0 aliphatic heterocycles. The number of pyridine rings is 1. The van der Waals surface area contributed by atoms with Crippen molar-refractivity contribution in [2.24, 2.45) is 0 Å². The maximum absolute atomic E-state index is 11.8. The second-order valence-corrected chi connectivity index (χ2v) is 3.93. The molecule has 2 rings (SSSR count). The van der Waals surface area contributed by atoms with Crippen molar-refractivity contribution in [2.45, 2.75) is 13.5 Å². The van der Waals surface area contributed by atoms with Crippen LogP contribution >= 0.6 is 0 Å². The van der Waals surface area contributed by atoms with Gasteiger partial charge >= 0.3 is 11.2 Å². The highest BCUT2D eigenvalue weighted by Crippen LogP contribution is 2.05. The van der Waals surface area contributed by atoms with Gasteiger partial charge in [0.1, 0.15) is 5.82 Å². The summed E-state index contributed by atoms with van der Waals surface area (Å²) in [4.78, 5) is 29.9. The maximum Gasteiger partial charge on any atom is 0.334 e. The van der Waals surface area contributed by atoms with E-state index in [0.717, 1.165) is 6.07 Å². The third-order valence-corrected chi connectivity index (χ3v) is 2.43. The molecule has 0 fully saturated rings. The van der Waals surface area contributed by atoms with E-state index in [0.29, 0.717) is 17.3 Å². The molecule has 0 spiro atoms. The van der Waals surface area contributed by atoms with Crippen molar-refractivity contribution in [3.05, 3.63) is 56.4 Å². The van der Waals surface area contributed by atoms with Crippen LogP contribution in [0.2, 0.25) is 0 Å². The van der Waals surface area contributed by atoms with Crippen molar-refractivity contribution in [1.29, 1.82) is 0 Å². The summed E-state index contributed by atoms with van der Waals surface area (Å²) in [5.74, 6) is 0.626. The maximum atomic E-state index is 11.8. The van der Waals surface area contributed by atoms with Gasteiger partial charge in [0, 0.05) is 24.0 Å². The fourth-order valence-corrected chi connectivity index (χ4v) is 1.67. The molecule has 0 radical (unpaired) electrons. The lowest BCUT2D eigenvalue weighted by atomic mass is 10.4. The second kappa shape index (κ2) is 4.84. The Morgan fingerprint density at radius 3 is 2.84 bits per heavy atom. The van der Waals surface area contributed by atoms with Crippen molar-refractivity contribution in [3.63, 3.8) is 0 Å². The van der Waals surface area contributed by atoms with E-state index in [2.05, 4.69) is 9.97 Å². The van der Waals surface area contributed by atoms with Crippen LogP contribution in [0.4, 0.5) is 11.5 Å². The minimum Gasteiger partial charge on any atom is -0.384 e. The molecule has 0 saturated heterocycles. The number of nitrogens with two attached hydrogens (primary N) is 1. The zero-order valence-electron chi connectivity index (χ0n) is 10.1. The molecule has 2 aromatic heterocycles. The third kappa shape index (κ3) is 2.73. The molecular formula is C11H11N5O3. The summed E-state index contributed by atoms with van der Waals surface area (Å²) in [7, 11) is 0. The van der Waals surface area contributed by atoms with Crippen LogP contribution in [0.1, 0.15) is 11.5 Å². The monoisotopic (exact) mass is 261 g/mol. The molecule has 0 aliphatic carbocycles. The highest BCUT2D eigenvalue weighted by molar-refractivity contribution is 5.29. The van der Waals surface area contributed by atoms with Crippen LogP contribution in [0.3, 0.4) is 0 Å². The Kier molecular flexibility index (Phi) is 3.23. The normalized spacial score (nSPS) is 10.4. The SMILES string of the molecule is Cc1cc(N)nc(Cn2cccc([N+](=O)[O-])c2=O)n1. The summed E-state index contributed by atoms with van der Waals surface area (Å²) < 4.78 is 1.17. The molecule has 19 heavy (non-hydrogen) atoms. The standard InChI is InChI=1S/C11H11N5O3/c1-7-5-9(12)14-10(13-7)6-15-4-2-3-8(11(15)17)16(18)19/h2-5H,6H2,1H3,(H2,12,13,14). The van der Waals surface area contributed by atoms with E-state index >= 15 is 0 Å². The summed E-state index contributed by atoms with van der Waals surface area (Å²) in [6, 6.07) is 4.18. The number of hydrogen-bond acceptors (Lipinski definition) is 6. The zero-order valence-corrected chi connectivity index (χ0v) is 10.1. The van der Waals surface area contributed by atoms with Gasteiger partial charge in [-0.05, 0) is 13.0 Å². The Labute approximate surface area is 107 Å². The number of nitrogens with zero attached hydrogens (tertiary/aromatic N) is 4. The average Bonchev–Trinajstić information content (AvgIpc) is 2.30. The average molecular weight is 261 g/mol. The van der Waals surface area contributed by atoms with Crippen molar-refractivity contribution in [2.75, 3.05) is 5.73 Å². The van der Waals surface area contributed by atoms with Crippen LogP contribution in [0.5, 0.6) is 0 Å². The Bertz CT molecular complexity index is 675. The first-order chi connectivity index (χ1) is 8.97. The van der Waals surface area contributed by atoms with Gasteiger partial charge in [-0.25, -0.2) is 9.97 Å². The Morgan fingerprint density at radius 1 is 1.47 bits per heavy atom. The lowest BCUT2D eigenvalue weighted by Crippen LogP contribution is -2.23. The summed E-state index contributed by atoms with van der Waals surface area (Å²) in [5.41, 5.74) is 5.07. The number of nitrogen functional groups attached to an aromatic ring is 1. The number of hydrogen-bond donors (Lipinski definition) is 1. The van der Waals surface area contributed by atoms with E-state index in [4.69, 9.17) is 5.73 Å². The molecule has 0 saturated carbocycles. The molecule has 0 amide bonds. The van der Waals surface area contributed by atoms with Gasteiger partial charge in [0.2, 0.25) is 0 Å². The Hall–Kier alpha value is -2.77. The first kappa shape index (κ1) is 12.7. The Balaban J connectivity index is 2.41. The molecule has 2 aromatic rings. The minimum absolute atomic E-state index is 0.0341. The molecule has 0 bridgehead atoms. The predicted molar refractivity (Wildman–Crippen MR) is 67.6 cm³/mol. The van der Waals surface area contributed by atoms with E-state index < -0.39 is 16.2 Å². The summed E-state index contributed by atoms with van der Waals surface area (Å²) in [5, 5.41) is 10.7. The Morgan fingerprint density at radius 2 is 2.21 bits per heavy atom. The van der Waals surface area contributed by atoms with Crippen molar-refractivity contribution in [1.82, 2.24) is 14.5 Å². The van der Waals surface area contributed by atoms with Crippen LogP contribution in [-0.2, 0) is 6.54 Å². The largest absolute Gasteiger partial charge is 0.384 e. The van der Waals surface area contributed by atoms with Crippen LogP contribution < -0.4 is 11.3 Å². The van der Waals surface area contributed by atoms with E-state index in [1.54, 1.807) is 13.0 Å². The molecule has 0 unspecified atom stereocenters. The summed E-state index contributed by atoms with van der Waals surface area (Å²) >= 11 is 0. The van der Waals surface area contributed by atoms with Gasteiger partial charge in [-0.1, -0.05) is 0 Å². The van der Waals surface area contributed by atoms with Crippen LogP contribution in [0.15, 0.2) is 29.2 Å². The fraction of sp³-hybridized carbons (Fsp3) is 0.182. The first-order valence-corrected chi connectivity index (χ1v) is 5.41. The number of anilines is 1. The molecule has 2 heterocycles. The molecule has 98 valence electrons. The lowest BCUT2D eigenvalue weighted by molar-refractivity contribution is -0.386. The van der Waals surface area contributed by atoms with Crippen LogP contribution in [0, 0.1) is 17.0 Å². The molecule has 0 atom stereocenters. The zero-order chi connectivity index (χ0) is 14.0. The molecule has 2 N–H and O–H groups in total. The van der Waals surface area contributed by atoms with Gasteiger partial charge in [-0.3, -0.25) is 14.9 Å². The number of aryl methyl sites for hydroxylation is 1. The summed E-state index contributed by atoms with van der Waals surface area (Å²) in [6.07, 6.45) is 1.44. The van der Waals surface area contributed by atoms with E-state index in [1.807, 2.05) is 0 Å². The minimum atomic E-state index is -0.718. The van der Waals surface area contributed by atoms with Gasteiger partial charge in [0.25, 0.3) is 0 Å². The molecule has 0 aromatic carbocycles. The first-order valence-electron chi connectivity index (χ1n) is 5.41. The highest BCUT2D eigenvalue weighted by atomic mass is 16.6. The quantitative estimate of drug-likeness (QED) is 0.634. The van der Waals surface area contributed by atoms with Gasteiger partial charge in [-0.15, -0.1) is 0 Å². The van der Waals surface area contributed by atoms with Gasteiger partial charge < -0.3 is 10.3 Å². The van der Waals surface area contributed by atoms with E-state index in [-0.39, 0.29) is 6.54 Å². The van der Waals surface area contributed by atoms with Gasteiger partial charge in [-0.2, -0.15) is 0 Å². The van der Waals surface area contributed by atoms with Crippen molar-refractivity contribution < 1.29 is 4.92 Å². The summed E-state index contributed by atoms with van der Waals surface area (Å²) in [6.45, 7) is 1.78. The van der Waals surface area contributed by atoms with Crippen molar-refractivity contribution in [3.8, 4) is 0 Å².